The summed E-state index contributed by atoms with van der Waals surface area (Å²) in [7, 11) is 1.57. The molecule has 1 unspecified atom stereocenters. The van der Waals surface area contributed by atoms with Gasteiger partial charge in [-0.15, -0.1) is 0 Å². The average Bonchev–Trinajstić information content (AvgIpc) is 2.59. The van der Waals surface area contributed by atoms with E-state index in [0.717, 1.165) is 5.56 Å². The molecule has 0 aromatic heterocycles. The van der Waals surface area contributed by atoms with Crippen LogP contribution in [0.2, 0.25) is 0 Å². The number of aliphatic hydroxyl groups is 1. The first-order valence-corrected chi connectivity index (χ1v) is 7.83. The van der Waals surface area contributed by atoms with Crippen LogP contribution < -0.4 is 9.47 Å². The van der Waals surface area contributed by atoms with E-state index in [1.54, 1.807) is 31.4 Å². The summed E-state index contributed by atoms with van der Waals surface area (Å²) >= 11 is 0. The predicted octanol–water partition coefficient (Wildman–Crippen LogP) is 3.89. The number of benzene rings is 2. The lowest BCUT2D eigenvalue weighted by Gasteiger charge is -2.33. The lowest BCUT2D eigenvalue weighted by atomic mass is 9.88. The van der Waals surface area contributed by atoms with Crippen LogP contribution in [0.4, 0.5) is 5.69 Å². The van der Waals surface area contributed by atoms with Gasteiger partial charge in [-0.2, -0.15) is 0 Å². The van der Waals surface area contributed by atoms with Crippen molar-refractivity contribution in [2.24, 2.45) is 0 Å². The van der Waals surface area contributed by atoms with E-state index in [1.165, 1.54) is 12.1 Å². The SMILES string of the molecule is COc1ccc2c(c1)OC(C)(C)C=C2C(O)c1cccc([N+](=O)[O-])c1. The lowest BCUT2D eigenvalue weighted by molar-refractivity contribution is -0.385. The first-order valence-electron chi connectivity index (χ1n) is 7.83. The Balaban J connectivity index is 2.07. The molecule has 0 spiro atoms. The number of methoxy groups -OCH3 is 1. The van der Waals surface area contributed by atoms with E-state index in [0.29, 0.717) is 22.6 Å². The maximum Gasteiger partial charge on any atom is 0.269 e. The number of hydrogen-bond acceptors (Lipinski definition) is 5. The summed E-state index contributed by atoms with van der Waals surface area (Å²) in [4.78, 5) is 10.5. The Morgan fingerprint density at radius 1 is 1.24 bits per heavy atom. The van der Waals surface area contributed by atoms with E-state index < -0.39 is 16.6 Å². The molecule has 0 aliphatic carbocycles. The highest BCUT2D eigenvalue weighted by Crippen LogP contribution is 2.43. The van der Waals surface area contributed by atoms with Crippen LogP contribution in [0.15, 0.2) is 48.5 Å². The molecule has 6 nitrogen and oxygen atoms in total. The molecule has 1 aliphatic heterocycles. The molecule has 25 heavy (non-hydrogen) atoms. The highest BCUT2D eigenvalue weighted by molar-refractivity contribution is 5.77. The molecule has 1 N–H and O–H groups in total. The van der Waals surface area contributed by atoms with Crippen LogP contribution in [0, 0.1) is 10.1 Å². The summed E-state index contributed by atoms with van der Waals surface area (Å²) in [6.45, 7) is 3.77. The van der Waals surface area contributed by atoms with Gasteiger partial charge in [-0.25, -0.2) is 0 Å². The summed E-state index contributed by atoms with van der Waals surface area (Å²) in [6, 6.07) is 11.4. The normalized spacial score (nSPS) is 16.2. The Morgan fingerprint density at radius 2 is 2.00 bits per heavy atom. The van der Waals surface area contributed by atoms with Gasteiger partial charge in [0, 0.05) is 23.8 Å². The number of fused-ring (bicyclic) bond motifs is 1. The van der Waals surface area contributed by atoms with Crippen molar-refractivity contribution in [3.63, 3.8) is 0 Å². The fraction of sp³-hybridized carbons (Fsp3) is 0.263. The lowest BCUT2D eigenvalue weighted by Crippen LogP contribution is -2.30. The van der Waals surface area contributed by atoms with Gasteiger partial charge in [0.25, 0.3) is 5.69 Å². The summed E-state index contributed by atoms with van der Waals surface area (Å²) in [5.74, 6) is 1.26. The zero-order valence-electron chi connectivity index (χ0n) is 14.2. The molecule has 0 bridgehead atoms. The van der Waals surface area contributed by atoms with Crippen molar-refractivity contribution >= 4 is 11.3 Å². The summed E-state index contributed by atoms with van der Waals surface area (Å²) in [6.07, 6.45) is 0.834. The number of nitro groups is 1. The molecular weight excluding hydrogens is 322 g/mol. The third-order valence-electron chi connectivity index (χ3n) is 4.07. The van der Waals surface area contributed by atoms with E-state index in [4.69, 9.17) is 9.47 Å². The minimum atomic E-state index is -1.00. The highest BCUT2D eigenvalue weighted by atomic mass is 16.6. The Hall–Kier alpha value is -2.86. The zero-order valence-corrected chi connectivity index (χ0v) is 14.2. The van der Waals surface area contributed by atoms with Crippen molar-refractivity contribution < 1.29 is 19.5 Å². The van der Waals surface area contributed by atoms with Crippen LogP contribution in [0.5, 0.6) is 11.5 Å². The maximum absolute atomic E-state index is 11.0. The zero-order chi connectivity index (χ0) is 18.2. The van der Waals surface area contributed by atoms with Crippen molar-refractivity contribution in [2.75, 3.05) is 7.11 Å². The quantitative estimate of drug-likeness (QED) is 0.674. The van der Waals surface area contributed by atoms with Gasteiger partial charge in [0.2, 0.25) is 0 Å². The summed E-state index contributed by atoms with van der Waals surface area (Å²) in [5.41, 5.74) is 1.16. The Morgan fingerprint density at radius 3 is 2.68 bits per heavy atom. The molecule has 2 aromatic rings. The molecule has 0 fully saturated rings. The maximum atomic E-state index is 11.0. The molecule has 0 amide bonds. The topological polar surface area (TPSA) is 81.8 Å². The molecule has 6 heteroatoms. The molecule has 0 radical (unpaired) electrons. The fourth-order valence-electron chi connectivity index (χ4n) is 2.93. The second-order valence-electron chi connectivity index (χ2n) is 6.42. The van der Waals surface area contributed by atoms with E-state index >= 15 is 0 Å². The molecule has 2 aromatic carbocycles. The number of nitro benzene ring substituents is 1. The Bertz CT molecular complexity index is 857. The molecule has 1 atom stereocenters. The van der Waals surface area contributed by atoms with Gasteiger partial charge in [-0.3, -0.25) is 10.1 Å². The van der Waals surface area contributed by atoms with Crippen LogP contribution in [0.3, 0.4) is 0 Å². The van der Waals surface area contributed by atoms with Gasteiger partial charge in [0.1, 0.15) is 23.2 Å². The van der Waals surface area contributed by atoms with Crippen LogP contribution in [-0.4, -0.2) is 22.7 Å². The van der Waals surface area contributed by atoms with E-state index in [9.17, 15) is 15.2 Å². The van der Waals surface area contributed by atoms with Crippen molar-refractivity contribution in [1.29, 1.82) is 0 Å². The van der Waals surface area contributed by atoms with Gasteiger partial charge in [0.15, 0.2) is 0 Å². The number of rotatable bonds is 4. The molecule has 130 valence electrons. The second kappa shape index (κ2) is 6.22. The van der Waals surface area contributed by atoms with Crippen LogP contribution in [-0.2, 0) is 0 Å². The van der Waals surface area contributed by atoms with Crippen LogP contribution in [0.1, 0.15) is 31.1 Å². The van der Waals surface area contributed by atoms with E-state index in [2.05, 4.69) is 0 Å². The first-order chi connectivity index (χ1) is 11.8. The van der Waals surface area contributed by atoms with Crippen molar-refractivity contribution in [1.82, 2.24) is 0 Å². The smallest absolute Gasteiger partial charge is 0.269 e. The third-order valence-corrected chi connectivity index (χ3v) is 4.07. The number of non-ortho nitro benzene ring substituents is 1. The van der Waals surface area contributed by atoms with E-state index in [1.807, 2.05) is 26.0 Å². The van der Waals surface area contributed by atoms with Gasteiger partial charge < -0.3 is 14.6 Å². The Kier molecular flexibility index (Phi) is 4.22. The number of hydrogen-bond donors (Lipinski definition) is 1. The minimum absolute atomic E-state index is 0.0570. The minimum Gasteiger partial charge on any atom is -0.497 e. The second-order valence-corrected chi connectivity index (χ2v) is 6.42. The fourth-order valence-corrected chi connectivity index (χ4v) is 2.93. The highest BCUT2D eigenvalue weighted by Gasteiger charge is 2.31. The number of nitrogens with zero attached hydrogens (tertiary/aromatic N) is 1. The van der Waals surface area contributed by atoms with Gasteiger partial charge in [0.05, 0.1) is 12.0 Å². The monoisotopic (exact) mass is 341 g/mol. The summed E-state index contributed by atoms with van der Waals surface area (Å²) in [5, 5.41) is 21.9. The Labute approximate surface area is 145 Å². The molecule has 0 saturated carbocycles. The molecule has 3 rings (SSSR count). The molecule has 0 saturated heterocycles. The molecule has 1 heterocycles. The van der Waals surface area contributed by atoms with Gasteiger partial charge >= 0.3 is 0 Å². The average molecular weight is 341 g/mol. The molecular formula is C19H19NO5. The molecule has 1 aliphatic rings. The van der Waals surface area contributed by atoms with Crippen molar-refractivity contribution in [2.45, 2.75) is 25.6 Å². The van der Waals surface area contributed by atoms with E-state index in [-0.39, 0.29) is 5.69 Å². The number of ether oxygens (including phenoxy) is 2. The van der Waals surface area contributed by atoms with Crippen molar-refractivity contribution in [3.05, 3.63) is 69.8 Å². The number of aliphatic hydroxyl groups excluding tert-OH is 1. The van der Waals surface area contributed by atoms with Gasteiger partial charge in [-0.05, 0) is 43.2 Å². The van der Waals surface area contributed by atoms with Crippen LogP contribution >= 0.6 is 0 Å². The third kappa shape index (κ3) is 3.34. The standard InChI is InChI=1S/C19H19NO5/c1-19(2)11-16(15-8-7-14(24-3)10-17(15)25-19)18(21)12-5-4-6-13(9-12)20(22)23/h4-11,18,21H,1-3H3. The van der Waals surface area contributed by atoms with Crippen LogP contribution in [0.25, 0.3) is 5.57 Å². The summed E-state index contributed by atoms with van der Waals surface area (Å²) < 4.78 is 11.2. The largest absolute Gasteiger partial charge is 0.497 e. The van der Waals surface area contributed by atoms with Crippen molar-refractivity contribution in [3.8, 4) is 11.5 Å². The predicted molar refractivity (Wildman–Crippen MR) is 93.7 cm³/mol. The van der Waals surface area contributed by atoms with Gasteiger partial charge in [-0.1, -0.05) is 12.1 Å². The first kappa shape index (κ1) is 17.0.